The number of anilines is 1. The van der Waals surface area contributed by atoms with Gasteiger partial charge in [0.05, 0.1) is 28.0 Å². The average molecular weight is 415 g/mol. The molecule has 1 aliphatic heterocycles. The van der Waals surface area contributed by atoms with Gasteiger partial charge >= 0.3 is 0 Å². The first-order valence-electron chi connectivity index (χ1n) is 9.36. The number of amides is 1. The van der Waals surface area contributed by atoms with E-state index in [-0.39, 0.29) is 17.5 Å². The molecule has 4 rings (SSSR count). The molecule has 2 aromatic heterocycles. The van der Waals surface area contributed by atoms with Crippen LogP contribution in [0, 0.1) is 0 Å². The quantitative estimate of drug-likeness (QED) is 0.668. The number of hydrogen-bond acceptors (Lipinski definition) is 6. The second kappa shape index (κ2) is 8.06. The van der Waals surface area contributed by atoms with Gasteiger partial charge in [-0.05, 0) is 18.7 Å². The van der Waals surface area contributed by atoms with Gasteiger partial charge in [-0.25, -0.2) is 4.98 Å². The van der Waals surface area contributed by atoms with Crippen LogP contribution in [0.5, 0.6) is 0 Å². The molecule has 0 unspecified atom stereocenters. The lowest BCUT2D eigenvalue weighted by molar-refractivity contribution is -0.113. The zero-order valence-electron chi connectivity index (χ0n) is 15.8. The summed E-state index contributed by atoms with van der Waals surface area (Å²) in [5, 5.41) is 2.86. The van der Waals surface area contributed by atoms with E-state index in [1.807, 2.05) is 18.2 Å². The van der Waals surface area contributed by atoms with Gasteiger partial charge in [0, 0.05) is 6.54 Å². The minimum atomic E-state index is -0.0488. The van der Waals surface area contributed by atoms with E-state index < -0.39 is 0 Å². The zero-order chi connectivity index (χ0) is 19.7. The van der Waals surface area contributed by atoms with Crippen molar-refractivity contribution in [3.63, 3.8) is 0 Å². The number of aromatic nitrogens is 2. The number of likely N-dealkylation sites (N-methyl/N-ethyl adjacent to an activating group) is 1. The largest absolute Gasteiger partial charge is 0.322 e. The van der Waals surface area contributed by atoms with Gasteiger partial charge in [0.15, 0.2) is 0 Å². The van der Waals surface area contributed by atoms with Crippen LogP contribution >= 0.6 is 23.1 Å². The van der Waals surface area contributed by atoms with Crippen LogP contribution in [0.4, 0.5) is 5.69 Å². The van der Waals surface area contributed by atoms with Crippen LogP contribution in [0.1, 0.15) is 25.5 Å². The Kier molecular flexibility index (Phi) is 5.52. The second-order valence-corrected chi connectivity index (χ2v) is 8.89. The lowest BCUT2D eigenvalue weighted by atomic mass is 10.1. The Bertz CT molecular complexity index is 1060. The number of benzene rings is 1. The standard InChI is InChI=1S/C20H22N4O2S2/c1-3-23(4-2)14(13-8-6-5-7-9-13)10-24-12-21-16-17-20(27-11-15(25)22-17)28-18(16)19(24)26/h5-9,12,14H,3-4,10-11H2,1-2H3,(H,22,25)/t14-/m1/s1. The van der Waals surface area contributed by atoms with Gasteiger partial charge in [-0.15, -0.1) is 23.1 Å². The Morgan fingerprint density at radius 3 is 2.68 bits per heavy atom. The molecule has 0 radical (unpaired) electrons. The monoisotopic (exact) mass is 414 g/mol. The van der Waals surface area contributed by atoms with E-state index in [0.717, 1.165) is 17.3 Å². The molecule has 0 spiro atoms. The molecule has 1 aromatic carbocycles. The van der Waals surface area contributed by atoms with Crippen LogP contribution in [0.15, 0.2) is 45.7 Å². The number of carbonyl (C=O) groups excluding carboxylic acids is 1. The highest BCUT2D eigenvalue weighted by Gasteiger charge is 2.25. The van der Waals surface area contributed by atoms with Crippen molar-refractivity contribution in [3.05, 3.63) is 52.6 Å². The van der Waals surface area contributed by atoms with E-state index in [1.54, 1.807) is 10.9 Å². The fraction of sp³-hybridized carbons (Fsp3) is 0.350. The van der Waals surface area contributed by atoms with Crippen molar-refractivity contribution < 1.29 is 4.79 Å². The molecule has 3 heterocycles. The lowest BCUT2D eigenvalue weighted by Gasteiger charge is -2.30. The molecule has 0 saturated heterocycles. The van der Waals surface area contributed by atoms with Crippen LogP contribution in [-0.2, 0) is 11.3 Å². The van der Waals surface area contributed by atoms with Gasteiger partial charge in [0.2, 0.25) is 5.91 Å². The number of hydrogen-bond donors (Lipinski definition) is 1. The SMILES string of the molecule is CCN(CC)[C@H](Cn1cnc2c3c(sc2c1=O)SCC(=O)N3)c1ccccc1. The molecule has 28 heavy (non-hydrogen) atoms. The molecule has 1 aliphatic rings. The Morgan fingerprint density at radius 1 is 1.21 bits per heavy atom. The molecule has 1 atom stereocenters. The van der Waals surface area contributed by atoms with Crippen molar-refractivity contribution >= 4 is 44.9 Å². The predicted molar refractivity (Wildman–Crippen MR) is 115 cm³/mol. The van der Waals surface area contributed by atoms with E-state index in [0.29, 0.717) is 28.2 Å². The van der Waals surface area contributed by atoms with E-state index in [1.165, 1.54) is 28.7 Å². The maximum atomic E-state index is 13.2. The van der Waals surface area contributed by atoms with Crippen molar-refractivity contribution in [1.82, 2.24) is 14.5 Å². The third-order valence-electron chi connectivity index (χ3n) is 5.04. The molecule has 1 amide bonds. The van der Waals surface area contributed by atoms with Gasteiger partial charge in [0.1, 0.15) is 10.2 Å². The average Bonchev–Trinajstić information content (AvgIpc) is 3.09. The van der Waals surface area contributed by atoms with Crippen LogP contribution in [0.3, 0.4) is 0 Å². The third kappa shape index (κ3) is 3.47. The van der Waals surface area contributed by atoms with Gasteiger partial charge < -0.3 is 5.32 Å². The zero-order valence-corrected chi connectivity index (χ0v) is 17.5. The molecule has 0 fully saturated rings. The normalized spacial score (nSPS) is 14.9. The molecule has 8 heteroatoms. The minimum Gasteiger partial charge on any atom is -0.322 e. The summed E-state index contributed by atoms with van der Waals surface area (Å²) in [6, 6.07) is 10.4. The molecule has 0 aliphatic carbocycles. The fourth-order valence-corrected chi connectivity index (χ4v) is 5.77. The van der Waals surface area contributed by atoms with Crippen molar-refractivity contribution in [2.24, 2.45) is 0 Å². The van der Waals surface area contributed by atoms with Crippen molar-refractivity contribution in [3.8, 4) is 0 Å². The molecular weight excluding hydrogens is 392 g/mol. The number of thioether (sulfide) groups is 1. The van der Waals surface area contributed by atoms with Crippen molar-refractivity contribution in [1.29, 1.82) is 0 Å². The van der Waals surface area contributed by atoms with Crippen LogP contribution in [0.25, 0.3) is 10.2 Å². The molecule has 3 aromatic rings. The highest BCUT2D eigenvalue weighted by Crippen LogP contribution is 2.42. The second-order valence-electron chi connectivity index (χ2n) is 6.63. The Labute approximate surface area is 171 Å². The summed E-state index contributed by atoms with van der Waals surface area (Å²) in [7, 11) is 0. The summed E-state index contributed by atoms with van der Waals surface area (Å²) < 4.78 is 3.26. The number of thiophene rings is 1. The fourth-order valence-electron chi connectivity index (χ4n) is 3.59. The first-order valence-corrected chi connectivity index (χ1v) is 11.2. The van der Waals surface area contributed by atoms with Crippen molar-refractivity contribution in [2.75, 3.05) is 24.2 Å². The minimum absolute atomic E-state index is 0.0474. The summed E-state index contributed by atoms with van der Waals surface area (Å²) in [5.41, 5.74) is 2.42. The van der Waals surface area contributed by atoms with E-state index in [4.69, 9.17) is 0 Å². The van der Waals surface area contributed by atoms with Gasteiger partial charge in [-0.3, -0.25) is 19.1 Å². The Morgan fingerprint density at radius 2 is 1.96 bits per heavy atom. The van der Waals surface area contributed by atoms with Crippen LogP contribution in [-0.4, -0.2) is 39.2 Å². The molecule has 146 valence electrons. The van der Waals surface area contributed by atoms with Gasteiger partial charge in [0.25, 0.3) is 5.56 Å². The van der Waals surface area contributed by atoms with E-state index >= 15 is 0 Å². The first-order chi connectivity index (χ1) is 13.6. The van der Waals surface area contributed by atoms with E-state index in [9.17, 15) is 9.59 Å². The van der Waals surface area contributed by atoms with Gasteiger partial charge in [-0.2, -0.15) is 0 Å². The smallest absolute Gasteiger partial charge is 0.271 e. The topological polar surface area (TPSA) is 67.2 Å². The molecule has 0 saturated carbocycles. The van der Waals surface area contributed by atoms with E-state index in [2.05, 4.69) is 41.2 Å². The number of nitrogens with one attached hydrogen (secondary N) is 1. The lowest BCUT2D eigenvalue weighted by Crippen LogP contribution is -2.34. The first kappa shape index (κ1) is 19.2. The highest BCUT2D eigenvalue weighted by atomic mass is 32.2. The number of fused-ring (bicyclic) bond motifs is 3. The molecule has 6 nitrogen and oxygen atoms in total. The maximum absolute atomic E-state index is 13.2. The predicted octanol–water partition coefficient (Wildman–Crippen LogP) is 3.59. The summed E-state index contributed by atoms with van der Waals surface area (Å²) in [5.74, 6) is 0.334. The summed E-state index contributed by atoms with van der Waals surface area (Å²) in [6.45, 7) is 6.61. The Hall–Kier alpha value is -2.16. The third-order valence-corrected chi connectivity index (χ3v) is 7.48. The molecular formula is C20H22N4O2S2. The number of carbonyl (C=O) groups is 1. The van der Waals surface area contributed by atoms with Crippen LogP contribution < -0.4 is 10.9 Å². The molecule has 1 N–H and O–H groups in total. The van der Waals surface area contributed by atoms with Crippen molar-refractivity contribution in [2.45, 2.75) is 30.6 Å². The van der Waals surface area contributed by atoms with Crippen LogP contribution in [0.2, 0.25) is 0 Å². The summed E-state index contributed by atoms with van der Waals surface area (Å²) in [4.78, 5) is 31.8. The summed E-state index contributed by atoms with van der Waals surface area (Å²) in [6.07, 6.45) is 1.61. The Balaban J connectivity index is 1.74. The number of nitrogens with zero attached hydrogens (tertiary/aromatic N) is 3. The summed E-state index contributed by atoms with van der Waals surface area (Å²) >= 11 is 2.89. The number of rotatable bonds is 6. The van der Waals surface area contributed by atoms with Gasteiger partial charge in [-0.1, -0.05) is 44.2 Å². The maximum Gasteiger partial charge on any atom is 0.271 e. The molecule has 0 bridgehead atoms. The highest BCUT2D eigenvalue weighted by molar-refractivity contribution is 8.02.